The first-order chi connectivity index (χ1) is 12.8. The van der Waals surface area contributed by atoms with Crippen LogP contribution in [-0.2, 0) is 14.3 Å². The van der Waals surface area contributed by atoms with Crippen LogP contribution >= 0.6 is 0 Å². The Balaban J connectivity index is 2.02. The van der Waals surface area contributed by atoms with E-state index in [1.807, 2.05) is 0 Å². The molecule has 0 aliphatic heterocycles. The zero-order valence-electron chi connectivity index (χ0n) is 14.5. The number of methoxy groups -OCH3 is 1. The van der Waals surface area contributed by atoms with Crippen molar-refractivity contribution in [3.8, 4) is 5.75 Å². The van der Waals surface area contributed by atoms with Crippen LogP contribution < -0.4 is 15.4 Å². The lowest BCUT2D eigenvalue weighted by Gasteiger charge is -2.12. The number of halogens is 2. The molecule has 0 saturated carbocycles. The van der Waals surface area contributed by atoms with E-state index in [0.29, 0.717) is 17.5 Å². The van der Waals surface area contributed by atoms with Crippen molar-refractivity contribution in [2.24, 2.45) is 0 Å². The highest BCUT2D eigenvalue weighted by Gasteiger charge is 2.16. The molecule has 0 bridgehead atoms. The number of benzene rings is 2. The van der Waals surface area contributed by atoms with Crippen molar-refractivity contribution in [2.75, 3.05) is 24.4 Å². The van der Waals surface area contributed by atoms with Crippen molar-refractivity contribution in [3.63, 3.8) is 0 Å². The molecule has 0 fully saturated rings. The molecule has 2 N–H and O–H groups in total. The molecule has 9 heteroatoms. The molecule has 0 heterocycles. The molecule has 0 aliphatic carbocycles. The molecule has 0 spiro atoms. The number of hydrogen-bond donors (Lipinski definition) is 2. The summed E-state index contributed by atoms with van der Waals surface area (Å²) in [7, 11) is 1.39. The molecular weight excluding hydrogens is 362 g/mol. The number of esters is 1. The van der Waals surface area contributed by atoms with E-state index in [1.54, 1.807) is 6.07 Å². The summed E-state index contributed by atoms with van der Waals surface area (Å²) in [5.41, 5.74) is 0.163. The Kier molecular flexibility index (Phi) is 6.42. The molecule has 0 saturated heterocycles. The number of hydrogen-bond acceptors (Lipinski definition) is 5. The third-order valence-electron chi connectivity index (χ3n) is 3.28. The monoisotopic (exact) mass is 378 g/mol. The van der Waals surface area contributed by atoms with Gasteiger partial charge in [0.05, 0.1) is 18.4 Å². The van der Waals surface area contributed by atoms with Gasteiger partial charge in [0.15, 0.2) is 6.61 Å². The summed E-state index contributed by atoms with van der Waals surface area (Å²) >= 11 is 0. The Labute approximate surface area is 153 Å². The molecule has 0 atom stereocenters. The number of anilines is 2. The van der Waals surface area contributed by atoms with Gasteiger partial charge in [-0.2, -0.15) is 0 Å². The third kappa shape index (κ3) is 5.50. The van der Waals surface area contributed by atoms with E-state index >= 15 is 0 Å². The minimum Gasteiger partial charge on any atom is -0.495 e. The van der Waals surface area contributed by atoms with E-state index in [4.69, 9.17) is 9.47 Å². The molecule has 0 aromatic heterocycles. The lowest BCUT2D eigenvalue weighted by molar-refractivity contribution is -0.119. The second-order valence-corrected chi connectivity index (χ2v) is 5.34. The van der Waals surface area contributed by atoms with Gasteiger partial charge in [-0.15, -0.1) is 0 Å². The molecule has 0 aliphatic rings. The number of rotatable bonds is 6. The molecule has 2 rings (SSSR count). The van der Waals surface area contributed by atoms with E-state index in [9.17, 15) is 23.2 Å². The van der Waals surface area contributed by atoms with E-state index in [1.165, 1.54) is 26.2 Å². The fourth-order valence-corrected chi connectivity index (χ4v) is 2.14. The number of ether oxygens (including phenoxy) is 2. The van der Waals surface area contributed by atoms with Crippen molar-refractivity contribution in [2.45, 2.75) is 6.92 Å². The normalized spacial score (nSPS) is 10.1. The smallest absolute Gasteiger partial charge is 0.341 e. The molecule has 7 nitrogen and oxygen atoms in total. The molecule has 27 heavy (non-hydrogen) atoms. The average molecular weight is 378 g/mol. The molecule has 142 valence electrons. The van der Waals surface area contributed by atoms with Crippen LogP contribution in [0.1, 0.15) is 17.3 Å². The van der Waals surface area contributed by atoms with Crippen LogP contribution in [0.4, 0.5) is 20.2 Å². The van der Waals surface area contributed by atoms with Gasteiger partial charge in [0.2, 0.25) is 5.91 Å². The van der Waals surface area contributed by atoms with Crippen LogP contribution in [0.5, 0.6) is 5.75 Å². The van der Waals surface area contributed by atoms with Gasteiger partial charge in [0, 0.05) is 18.7 Å². The number of carbonyl (C=O) groups excluding carboxylic acids is 3. The minimum absolute atomic E-state index is 0.234. The molecule has 2 aromatic carbocycles. The Hall–Kier alpha value is -3.49. The maximum atomic E-state index is 13.5. The highest BCUT2D eigenvalue weighted by atomic mass is 19.1. The molecular formula is C18H16F2N2O5. The van der Waals surface area contributed by atoms with Crippen molar-refractivity contribution in [3.05, 3.63) is 53.6 Å². The Bertz CT molecular complexity index is 886. The van der Waals surface area contributed by atoms with E-state index in [0.717, 1.165) is 12.1 Å². The van der Waals surface area contributed by atoms with Gasteiger partial charge >= 0.3 is 5.97 Å². The van der Waals surface area contributed by atoms with Gasteiger partial charge in [-0.05, 0) is 30.3 Å². The van der Waals surface area contributed by atoms with Crippen molar-refractivity contribution in [1.29, 1.82) is 0 Å². The van der Waals surface area contributed by atoms with Gasteiger partial charge in [-0.25, -0.2) is 13.6 Å². The summed E-state index contributed by atoms with van der Waals surface area (Å²) in [4.78, 5) is 34.9. The molecule has 0 unspecified atom stereocenters. The topological polar surface area (TPSA) is 93.7 Å². The standard InChI is InChI=1S/C18H16F2N2O5/c1-10(23)21-12-4-6-16(26-2)15(8-12)22-17(24)9-27-18(25)13-5-3-11(19)7-14(13)20/h3-8H,9H2,1-2H3,(H,21,23)(H,22,24). The minimum atomic E-state index is -1.11. The largest absolute Gasteiger partial charge is 0.495 e. The molecule has 2 amide bonds. The zero-order valence-corrected chi connectivity index (χ0v) is 14.5. The van der Waals surface area contributed by atoms with E-state index < -0.39 is 35.7 Å². The summed E-state index contributed by atoms with van der Waals surface area (Å²) in [5.74, 6) is -3.75. The van der Waals surface area contributed by atoms with Gasteiger partial charge in [0.1, 0.15) is 17.4 Å². The van der Waals surface area contributed by atoms with Crippen LogP contribution in [0.25, 0.3) is 0 Å². The lowest BCUT2D eigenvalue weighted by Crippen LogP contribution is -2.21. The van der Waals surface area contributed by atoms with E-state index in [-0.39, 0.29) is 11.6 Å². The van der Waals surface area contributed by atoms with Crippen LogP contribution in [0.3, 0.4) is 0 Å². The molecule has 2 aromatic rings. The highest BCUT2D eigenvalue weighted by molar-refractivity contribution is 5.97. The maximum absolute atomic E-state index is 13.5. The predicted molar refractivity (Wildman–Crippen MR) is 92.6 cm³/mol. The Morgan fingerprint density at radius 2 is 1.78 bits per heavy atom. The summed E-state index contributed by atoms with van der Waals surface area (Å²) < 4.78 is 36.2. The first kappa shape index (κ1) is 19.8. The van der Waals surface area contributed by atoms with Gasteiger partial charge in [-0.3, -0.25) is 9.59 Å². The van der Waals surface area contributed by atoms with Crippen LogP contribution in [-0.4, -0.2) is 31.5 Å². The number of amides is 2. The van der Waals surface area contributed by atoms with Crippen LogP contribution in [0.2, 0.25) is 0 Å². The van der Waals surface area contributed by atoms with Crippen molar-refractivity contribution >= 4 is 29.2 Å². The third-order valence-corrected chi connectivity index (χ3v) is 3.28. The van der Waals surface area contributed by atoms with Gasteiger partial charge in [0.25, 0.3) is 5.91 Å². The van der Waals surface area contributed by atoms with E-state index in [2.05, 4.69) is 10.6 Å². The lowest BCUT2D eigenvalue weighted by atomic mass is 10.2. The van der Waals surface area contributed by atoms with Gasteiger partial charge in [-0.1, -0.05) is 0 Å². The maximum Gasteiger partial charge on any atom is 0.341 e. The van der Waals surface area contributed by atoms with Gasteiger partial charge < -0.3 is 20.1 Å². The van der Waals surface area contributed by atoms with Crippen molar-refractivity contribution in [1.82, 2.24) is 0 Å². The zero-order chi connectivity index (χ0) is 20.0. The van der Waals surface area contributed by atoms with Crippen LogP contribution in [0, 0.1) is 11.6 Å². The second kappa shape index (κ2) is 8.75. The molecule has 0 radical (unpaired) electrons. The predicted octanol–water partition coefficient (Wildman–Crippen LogP) is 2.73. The summed E-state index contributed by atoms with van der Waals surface area (Å²) in [5, 5.41) is 5.01. The Morgan fingerprint density at radius 1 is 1.04 bits per heavy atom. The number of carbonyl (C=O) groups is 3. The fraction of sp³-hybridized carbons (Fsp3) is 0.167. The first-order valence-electron chi connectivity index (χ1n) is 7.68. The van der Waals surface area contributed by atoms with Crippen molar-refractivity contribution < 1.29 is 32.6 Å². The number of nitrogens with one attached hydrogen (secondary N) is 2. The summed E-state index contributed by atoms with van der Waals surface area (Å²) in [6.45, 7) is 0.625. The summed E-state index contributed by atoms with van der Waals surface area (Å²) in [6.07, 6.45) is 0. The first-order valence-corrected chi connectivity index (χ1v) is 7.68. The fourth-order valence-electron chi connectivity index (χ4n) is 2.14. The Morgan fingerprint density at radius 3 is 2.41 bits per heavy atom. The average Bonchev–Trinajstić information content (AvgIpc) is 2.59. The van der Waals surface area contributed by atoms with Crippen LogP contribution in [0.15, 0.2) is 36.4 Å². The second-order valence-electron chi connectivity index (χ2n) is 5.34. The highest BCUT2D eigenvalue weighted by Crippen LogP contribution is 2.27. The summed E-state index contributed by atoms with van der Waals surface area (Å²) in [6, 6.07) is 6.92. The SMILES string of the molecule is COc1ccc(NC(C)=O)cc1NC(=O)COC(=O)c1ccc(F)cc1F. The quantitative estimate of drug-likeness (QED) is 0.754.